The van der Waals surface area contributed by atoms with Crippen LogP contribution in [0.15, 0.2) is 24.3 Å². The van der Waals surface area contributed by atoms with Crippen LogP contribution in [0.5, 0.6) is 5.75 Å². The van der Waals surface area contributed by atoms with Crippen LogP contribution in [0.3, 0.4) is 0 Å². The molecular formula is C14H20ClNO. The summed E-state index contributed by atoms with van der Waals surface area (Å²) in [5.74, 6) is 1.62. The fraction of sp³-hybridized carbons (Fsp3) is 0.571. The van der Waals surface area contributed by atoms with Crippen LogP contribution in [0.1, 0.15) is 24.8 Å². The quantitative estimate of drug-likeness (QED) is 0.765. The highest BCUT2D eigenvalue weighted by Gasteiger charge is 2.22. The van der Waals surface area contributed by atoms with Gasteiger partial charge in [0.05, 0.1) is 6.61 Å². The van der Waals surface area contributed by atoms with E-state index in [1.165, 1.54) is 5.56 Å². The van der Waals surface area contributed by atoms with Gasteiger partial charge in [-0.3, -0.25) is 0 Å². The molecule has 2 nitrogen and oxygen atoms in total. The molecule has 1 heterocycles. The van der Waals surface area contributed by atoms with E-state index < -0.39 is 0 Å². The molecule has 1 aliphatic rings. The van der Waals surface area contributed by atoms with Gasteiger partial charge < -0.3 is 9.64 Å². The molecule has 2 unspecified atom stereocenters. The van der Waals surface area contributed by atoms with Crippen molar-refractivity contribution >= 4 is 11.6 Å². The van der Waals surface area contributed by atoms with Gasteiger partial charge in [0, 0.05) is 24.4 Å². The zero-order valence-electron chi connectivity index (χ0n) is 10.5. The smallest absolute Gasteiger partial charge is 0.122 e. The molecule has 0 bridgehead atoms. The van der Waals surface area contributed by atoms with Crippen molar-refractivity contribution in [3.63, 3.8) is 0 Å². The second kappa shape index (κ2) is 5.74. The van der Waals surface area contributed by atoms with Crippen LogP contribution >= 0.6 is 11.6 Å². The molecule has 0 amide bonds. The van der Waals surface area contributed by atoms with Crippen LogP contribution in [-0.4, -0.2) is 37.0 Å². The van der Waals surface area contributed by atoms with Crippen molar-refractivity contribution in [3.8, 4) is 5.75 Å². The summed E-state index contributed by atoms with van der Waals surface area (Å²) in [5, 5.41) is 0.204. The average Bonchev–Trinajstić information content (AvgIpc) is 2.28. The van der Waals surface area contributed by atoms with E-state index in [0.29, 0.717) is 5.92 Å². The van der Waals surface area contributed by atoms with Gasteiger partial charge in [-0.1, -0.05) is 18.2 Å². The van der Waals surface area contributed by atoms with Gasteiger partial charge in [0.1, 0.15) is 5.75 Å². The van der Waals surface area contributed by atoms with E-state index in [-0.39, 0.29) is 5.38 Å². The molecule has 0 fully saturated rings. The monoisotopic (exact) mass is 253 g/mol. The van der Waals surface area contributed by atoms with Gasteiger partial charge in [0.25, 0.3) is 0 Å². The molecule has 3 heteroatoms. The lowest BCUT2D eigenvalue weighted by Crippen LogP contribution is -2.31. The van der Waals surface area contributed by atoms with Gasteiger partial charge in [-0.05, 0) is 32.0 Å². The van der Waals surface area contributed by atoms with Gasteiger partial charge in [-0.2, -0.15) is 0 Å². The van der Waals surface area contributed by atoms with Crippen LogP contribution in [0.4, 0.5) is 0 Å². The summed E-state index contributed by atoms with van der Waals surface area (Å²) in [6.07, 6.45) is 1.10. The van der Waals surface area contributed by atoms with E-state index in [9.17, 15) is 0 Å². The van der Waals surface area contributed by atoms with Crippen LogP contribution in [0, 0.1) is 0 Å². The first kappa shape index (κ1) is 12.7. The molecule has 0 aromatic heterocycles. The third-order valence-electron chi connectivity index (χ3n) is 3.18. The summed E-state index contributed by atoms with van der Waals surface area (Å²) in [5.41, 5.74) is 1.34. The van der Waals surface area contributed by atoms with Gasteiger partial charge in [0.2, 0.25) is 0 Å². The number of hydrogen-bond acceptors (Lipinski definition) is 2. The summed E-state index contributed by atoms with van der Waals surface area (Å²) in [4.78, 5) is 2.31. The standard InChI is InChI=1S/C14H20ClNO/c1-11(15)9-16(2)10-12-7-8-17-14-6-4-3-5-13(12)14/h3-6,11-12H,7-10H2,1-2H3. The van der Waals surface area contributed by atoms with Gasteiger partial charge in [-0.15, -0.1) is 11.6 Å². The van der Waals surface area contributed by atoms with Crippen LogP contribution in [0.2, 0.25) is 0 Å². The molecule has 0 radical (unpaired) electrons. The topological polar surface area (TPSA) is 12.5 Å². The molecule has 0 saturated heterocycles. The van der Waals surface area contributed by atoms with E-state index in [1.54, 1.807) is 0 Å². The molecule has 94 valence electrons. The number of hydrogen-bond donors (Lipinski definition) is 0. The highest BCUT2D eigenvalue weighted by Crippen LogP contribution is 2.33. The SMILES string of the molecule is CC(Cl)CN(C)CC1CCOc2ccccc21. The molecule has 17 heavy (non-hydrogen) atoms. The molecule has 1 aromatic rings. The number of likely N-dealkylation sites (N-methyl/N-ethyl adjacent to an activating group) is 1. The fourth-order valence-electron chi connectivity index (χ4n) is 2.49. The highest BCUT2D eigenvalue weighted by molar-refractivity contribution is 6.20. The third kappa shape index (κ3) is 3.36. The van der Waals surface area contributed by atoms with Crippen molar-refractivity contribution in [2.75, 3.05) is 26.7 Å². The summed E-state index contributed by atoms with van der Waals surface area (Å²) < 4.78 is 5.67. The van der Waals surface area contributed by atoms with E-state index in [0.717, 1.165) is 31.9 Å². The predicted molar refractivity (Wildman–Crippen MR) is 72.1 cm³/mol. The van der Waals surface area contributed by atoms with Crippen LogP contribution < -0.4 is 4.74 Å². The van der Waals surface area contributed by atoms with Gasteiger partial charge >= 0.3 is 0 Å². The minimum absolute atomic E-state index is 0.204. The second-order valence-electron chi connectivity index (χ2n) is 4.87. The van der Waals surface area contributed by atoms with E-state index in [4.69, 9.17) is 16.3 Å². The maximum atomic E-state index is 6.02. The highest BCUT2D eigenvalue weighted by atomic mass is 35.5. The summed E-state index contributed by atoms with van der Waals surface area (Å²) >= 11 is 6.02. The summed E-state index contributed by atoms with van der Waals surface area (Å²) in [6.45, 7) is 4.85. The Kier molecular flexibility index (Phi) is 4.30. The van der Waals surface area contributed by atoms with Gasteiger partial charge in [-0.25, -0.2) is 0 Å². The van der Waals surface area contributed by atoms with Crippen LogP contribution in [-0.2, 0) is 0 Å². The summed E-state index contributed by atoms with van der Waals surface area (Å²) in [7, 11) is 2.14. The molecule has 1 aromatic carbocycles. The van der Waals surface area contributed by atoms with E-state index in [2.05, 4.69) is 30.1 Å². The van der Waals surface area contributed by atoms with Crippen molar-refractivity contribution in [2.45, 2.75) is 24.6 Å². The molecule has 0 saturated carbocycles. The number of fused-ring (bicyclic) bond motifs is 1. The minimum Gasteiger partial charge on any atom is -0.493 e. The Balaban J connectivity index is 2.03. The maximum absolute atomic E-state index is 6.02. The lowest BCUT2D eigenvalue weighted by atomic mass is 9.93. The minimum atomic E-state index is 0.204. The number of para-hydroxylation sites is 1. The number of benzene rings is 1. The third-order valence-corrected chi connectivity index (χ3v) is 3.32. The largest absolute Gasteiger partial charge is 0.493 e. The van der Waals surface area contributed by atoms with Crippen molar-refractivity contribution in [2.24, 2.45) is 0 Å². The fourth-order valence-corrected chi connectivity index (χ4v) is 2.72. The summed E-state index contributed by atoms with van der Waals surface area (Å²) in [6, 6.07) is 8.36. The van der Waals surface area contributed by atoms with Gasteiger partial charge in [0.15, 0.2) is 0 Å². The Morgan fingerprint density at radius 1 is 1.47 bits per heavy atom. The first-order chi connectivity index (χ1) is 8.16. The maximum Gasteiger partial charge on any atom is 0.122 e. The lowest BCUT2D eigenvalue weighted by molar-refractivity contribution is 0.232. The Morgan fingerprint density at radius 3 is 3.00 bits per heavy atom. The first-order valence-corrected chi connectivity index (χ1v) is 6.65. The number of ether oxygens (including phenoxy) is 1. The number of alkyl halides is 1. The molecule has 2 atom stereocenters. The van der Waals surface area contributed by atoms with E-state index >= 15 is 0 Å². The van der Waals surface area contributed by atoms with Crippen molar-refractivity contribution in [1.29, 1.82) is 0 Å². The molecule has 0 aliphatic carbocycles. The number of nitrogens with zero attached hydrogens (tertiary/aromatic N) is 1. The predicted octanol–water partition coefficient (Wildman–Crippen LogP) is 3.11. The Labute approximate surface area is 109 Å². The molecule has 0 spiro atoms. The first-order valence-electron chi connectivity index (χ1n) is 6.21. The second-order valence-corrected chi connectivity index (χ2v) is 5.62. The molecule has 1 aliphatic heterocycles. The van der Waals surface area contributed by atoms with Crippen molar-refractivity contribution in [1.82, 2.24) is 4.90 Å². The zero-order valence-corrected chi connectivity index (χ0v) is 11.3. The Bertz CT molecular complexity index is 367. The Morgan fingerprint density at radius 2 is 2.24 bits per heavy atom. The van der Waals surface area contributed by atoms with E-state index in [1.807, 2.05) is 13.0 Å². The van der Waals surface area contributed by atoms with Crippen molar-refractivity contribution in [3.05, 3.63) is 29.8 Å². The van der Waals surface area contributed by atoms with Crippen molar-refractivity contribution < 1.29 is 4.74 Å². The number of halogens is 1. The molecule has 2 rings (SSSR count). The number of rotatable bonds is 4. The normalized spacial score (nSPS) is 20.8. The Hall–Kier alpha value is -0.730. The average molecular weight is 254 g/mol. The lowest BCUT2D eigenvalue weighted by Gasteiger charge is -2.29. The zero-order chi connectivity index (χ0) is 12.3. The molecule has 0 N–H and O–H groups in total. The molecular weight excluding hydrogens is 234 g/mol. The van der Waals surface area contributed by atoms with Crippen LogP contribution in [0.25, 0.3) is 0 Å².